The first kappa shape index (κ1) is 16.5. The van der Waals surface area contributed by atoms with Gasteiger partial charge in [-0.1, -0.05) is 19.9 Å². The fourth-order valence-corrected chi connectivity index (χ4v) is 3.43. The molecule has 2 rings (SSSR count). The van der Waals surface area contributed by atoms with Gasteiger partial charge in [-0.3, -0.25) is 4.90 Å². The van der Waals surface area contributed by atoms with Crippen molar-refractivity contribution in [3.05, 3.63) is 32.7 Å². The van der Waals surface area contributed by atoms with E-state index in [1.165, 1.54) is 31.5 Å². The van der Waals surface area contributed by atoms with Crippen LogP contribution in [0, 0.1) is 5.92 Å². The van der Waals surface area contributed by atoms with Gasteiger partial charge in [0.15, 0.2) is 0 Å². The van der Waals surface area contributed by atoms with Gasteiger partial charge in [0.25, 0.3) is 0 Å². The minimum Gasteiger partial charge on any atom is -0.314 e. The molecular formula is C16H24Br2N2. The maximum Gasteiger partial charge on any atom is 0.0320 e. The molecule has 1 N–H and O–H groups in total. The summed E-state index contributed by atoms with van der Waals surface area (Å²) in [6.07, 6.45) is 2.68. The molecule has 1 heterocycles. The molecule has 112 valence electrons. The Labute approximate surface area is 139 Å². The predicted octanol–water partition coefficient (Wildman–Crippen LogP) is 4.42. The Morgan fingerprint density at radius 1 is 1.30 bits per heavy atom. The van der Waals surface area contributed by atoms with E-state index in [2.05, 4.69) is 74.1 Å². The molecule has 1 fully saturated rings. The molecule has 0 aliphatic carbocycles. The van der Waals surface area contributed by atoms with E-state index < -0.39 is 0 Å². The van der Waals surface area contributed by atoms with Gasteiger partial charge in [0.2, 0.25) is 0 Å². The smallest absolute Gasteiger partial charge is 0.0320 e. The minimum absolute atomic E-state index is 0.591. The number of halogens is 2. The van der Waals surface area contributed by atoms with E-state index in [9.17, 15) is 0 Å². The van der Waals surface area contributed by atoms with Crippen LogP contribution in [0.3, 0.4) is 0 Å². The topological polar surface area (TPSA) is 15.3 Å². The highest BCUT2D eigenvalue weighted by Gasteiger charge is 2.20. The lowest BCUT2D eigenvalue weighted by molar-refractivity contribution is 0.164. The van der Waals surface area contributed by atoms with E-state index >= 15 is 0 Å². The number of benzene rings is 1. The Morgan fingerprint density at radius 2 is 2.10 bits per heavy atom. The van der Waals surface area contributed by atoms with Gasteiger partial charge in [-0.25, -0.2) is 0 Å². The number of hydrogen-bond acceptors (Lipinski definition) is 2. The SMILES string of the molecule is CC(C)NCC1CCCN(Cc2ccc(Br)c(Br)c2)C1. The zero-order valence-electron chi connectivity index (χ0n) is 12.3. The average molecular weight is 404 g/mol. The van der Waals surface area contributed by atoms with Gasteiger partial charge in [-0.15, -0.1) is 0 Å². The Morgan fingerprint density at radius 3 is 2.80 bits per heavy atom. The molecule has 0 radical (unpaired) electrons. The van der Waals surface area contributed by atoms with Crippen molar-refractivity contribution in [2.45, 2.75) is 39.3 Å². The Kier molecular flexibility index (Phi) is 6.53. The van der Waals surface area contributed by atoms with Crippen molar-refractivity contribution in [2.24, 2.45) is 5.92 Å². The van der Waals surface area contributed by atoms with Crippen molar-refractivity contribution >= 4 is 31.9 Å². The maximum absolute atomic E-state index is 3.59. The number of nitrogens with one attached hydrogen (secondary N) is 1. The predicted molar refractivity (Wildman–Crippen MR) is 93.0 cm³/mol. The summed E-state index contributed by atoms with van der Waals surface area (Å²) >= 11 is 7.12. The molecule has 1 unspecified atom stereocenters. The van der Waals surface area contributed by atoms with Gasteiger partial charge in [0.1, 0.15) is 0 Å². The van der Waals surface area contributed by atoms with Crippen molar-refractivity contribution in [2.75, 3.05) is 19.6 Å². The quantitative estimate of drug-likeness (QED) is 0.782. The summed E-state index contributed by atoms with van der Waals surface area (Å²) in [6.45, 7) is 9.10. The number of piperidine rings is 1. The summed E-state index contributed by atoms with van der Waals surface area (Å²) in [5.74, 6) is 0.796. The first-order chi connectivity index (χ1) is 9.54. The standard InChI is InChI=1S/C16H24Br2N2/c1-12(2)19-9-14-4-3-7-20(11-14)10-13-5-6-15(17)16(18)8-13/h5-6,8,12,14,19H,3-4,7,9-11H2,1-2H3. The van der Waals surface area contributed by atoms with E-state index in [0.29, 0.717) is 6.04 Å². The minimum atomic E-state index is 0.591. The summed E-state index contributed by atoms with van der Waals surface area (Å²) in [5.41, 5.74) is 1.39. The summed E-state index contributed by atoms with van der Waals surface area (Å²) < 4.78 is 2.27. The van der Waals surface area contributed by atoms with E-state index in [0.717, 1.165) is 28.0 Å². The third kappa shape index (κ3) is 5.14. The van der Waals surface area contributed by atoms with Gasteiger partial charge in [-0.2, -0.15) is 0 Å². The largest absolute Gasteiger partial charge is 0.314 e. The van der Waals surface area contributed by atoms with E-state index in [4.69, 9.17) is 0 Å². The molecule has 4 heteroatoms. The lowest BCUT2D eigenvalue weighted by Crippen LogP contribution is -2.40. The maximum atomic E-state index is 3.59. The average Bonchev–Trinajstić information content (AvgIpc) is 2.41. The van der Waals surface area contributed by atoms with Crippen LogP contribution in [0.15, 0.2) is 27.1 Å². The van der Waals surface area contributed by atoms with Crippen LogP contribution in [0.5, 0.6) is 0 Å². The Hall–Kier alpha value is 0.1000. The fourth-order valence-electron chi connectivity index (χ4n) is 2.76. The van der Waals surface area contributed by atoms with E-state index in [1.807, 2.05) is 0 Å². The molecule has 1 aromatic rings. The number of likely N-dealkylation sites (tertiary alicyclic amines) is 1. The molecule has 0 bridgehead atoms. The second-order valence-electron chi connectivity index (χ2n) is 6.05. The third-order valence-electron chi connectivity index (χ3n) is 3.81. The molecule has 0 saturated carbocycles. The highest BCUT2D eigenvalue weighted by Crippen LogP contribution is 2.25. The monoisotopic (exact) mass is 402 g/mol. The van der Waals surface area contributed by atoms with E-state index in [-0.39, 0.29) is 0 Å². The highest BCUT2D eigenvalue weighted by molar-refractivity contribution is 9.13. The van der Waals surface area contributed by atoms with Crippen LogP contribution in [0.2, 0.25) is 0 Å². The lowest BCUT2D eigenvalue weighted by atomic mass is 9.97. The molecule has 1 aliphatic rings. The number of hydrogen-bond donors (Lipinski definition) is 1. The van der Waals surface area contributed by atoms with Gasteiger partial charge in [-0.05, 0) is 81.4 Å². The van der Waals surface area contributed by atoms with Crippen LogP contribution in [0.25, 0.3) is 0 Å². The molecule has 1 aliphatic heterocycles. The molecule has 1 atom stereocenters. The molecule has 2 nitrogen and oxygen atoms in total. The second-order valence-corrected chi connectivity index (χ2v) is 7.76. The van der Waals surface area contributed by atoms with Gasteiger partial charge in [0, 0.05) is 28.1 Å². The molecule has 1 aromatic carbocycles. The van der Waals surface area contributed by atoms with Crippen LogP contribution < -0.4 is 5.32 Å². The zero-order chi connectivity index (χ0) is 14.5. The molecule has 0 spiro atoms. The second kappa shape index (κ2) is 7.92. The lowest BCUT2D eigenvalue weighted by Gasteiger charge is -2.33. The fraction of sp³-hybridized carbons (Fsp3) is 0.625. The van der Waals surface area contributed by atoms with Crippen molar-refractivity contribution in [1.82, 2.24) is 10.2 Å². The number of nitrogens with zero attached hydrogens (tertiary/aromatic N) is 1. The normalized spacial score (nSPS) is 20.6. The molecule has 0 amide bonds. The molecule has 0 aromatic heterocycles. The molecular weight excluding hydrogens is 380 g/mol. The number of rotatable bonds is 5. The van der Waals surface area contributed by atoms with Gasteiger partial charge < -0.3 is 5.32 Å². The summed E-state index contributed by atoms with van der Waals surface area (Å²) in [5, 5.41) is 3.58. The molecule has 20 heavy (non-hydrogen) atoms. The van der Waals surface area contributed by atoms with E-state index in [1.54, 1.807) is 0 Å². The summed E-state index contributed by atoms with van der Waals surface area (Å²) in [7, 11) is 0. The Balaban J connectivity index is 1.87. The van der Waals surface area contributed by atoms with Crippen LogP contribution in [-0.4, -0.2) is 30.6 Å². The van der Waals surface area contributed by atoms with Gasteiger partial charge >= 0.3 is 0 Å². The first-order valence-electron chi connectivity index (χ1n) is 7.44. The summed E-state index contributed by atoms with van der Waals surface area (Å²) in [4.78, 5) is 2.59. The molecule has 1 saturated heterocycles. The van der Waals surface area contributed by atoms with Crippen LogP contribution in [0.1, 0.15) is 32.3 Å². The van der Waals surface area contributed by atoms with Crippen LogP contribution >= 0.6 is 31.9 Å². The van der Waals surface area contributed by atoms with Crippen LogP contribution in [-0.2, 0) is 6.54 Å². The van der Waals surface area contributed by atoms with Crippen molar-refractivity contribution in [3.8, 4) is 0 Å². The summed E-state index contributed by atoms with van der Waals surface area (Å²) in [6, 6.07) is 7.15. The van der Waals surface area contributed by atoms with Crippen molar-refractivity contribution in [1.29, 1.82) is 0 Å². The zero-order valence-corrected chi connectivity index (χ0v) is 15.5. The van der Waals surface area contributed by atoms with Crippen molar-refractivity contribution in [3.63, 3.8) is 0 Å². The van der Waals surface area contributed by atoms with Gasteiger partial charge in [0.05, 0.1) is 0 Å². The third-order valence-corrected chi connectivity index (χ3v) is 5.69. The Bertz CT molecular complexity index is 434. The highest BCUT2D eigenvalue weighted by atomic mass is 79.9. The van der Waals surface area contributed by atoms with Crippen molar-refractivity contribution < 1.29 is 0 Å². The van der Waals surface area contributed by atoms with Crippen LogP contribution in [0.4, 0.5) is 0 Å². The first-order valence-corrected chi connectivity index (χ1v) is 9.03.